The van der Waals surface area contributed by atoms with E-state index in [1.807, 2.05) is 34.0 Å². The molecule has 25 heavy (non-hydrogen) atoms. The Morgan fingerprint density at radius 2 is 2.24 bits per heavy atom. The molecule has 0 fully saturated rings. The normalized spacial score (nSPS) is 19.6. The summed E-state index contributed by atoms with van der Waals surface area (Å²) in [5.74, 6) is -0.210. The molecule has 0 radical (unpaired) electrons. The van der Waals surface area contributed by atoms with E-state index < -0.39 is 5.79 Å². The summed E-state index contributed by atoms with van der Waals surface area (Å²) in [5, 5.41) is 10.7. The highest BCUT2D eigenvalue weighted by atomic mass is 16.3. The third-order valence-electron chi connectivity index (χ3n) is 3.71. The van der Waals surface area contributed by atoms with Crippen LogP contribution in [0.4, 0.5) is 0 Å². The maximum absolute atomic E-state index is 12.4. The molecule has 132 valence electrons. The Bertz CT molecular complexity index is 818. The number of aliphatic imine (C=N–C) groups is 1. The van der Waals surface area contributed by atoms with Crippen LogP contribution in [0.3, 0.4) is 0 Å². The number of amides is 1. The van der Waals surface area contributed by atoms with Crippen molar-refractivity contribution in [2.75, 3.05) is 20.6 Å². The van der Waals surface area contributed by atoms with E-state index in [4.69, 9.17) is 4.42 Å². The third kappa shape index (κ3) is 3.48. The molecule has 8 heteroatoms. The highest BCUT2D eigenvalue weighted by Gasteiger charge is 2.38. The van der Waals surface area contributed by atoms with Crippen LogP contribution < -0.4 is 10.6 Å². The van der Waals surface area contributed by atoms with Crippen LogP contribution in [-0.2, 0) is 10.6 Å². The average molecular weight is 342 g/mol. The molecule has 8 nitrogen and oxygen atoms in total. The van der Waals surface area contributed by atoms with E-state index in [1.165, 1.54) is 0 Å². The lowest BCUT2D eigenvalue weighted by Crippen LogP contribution is -2.57. The third-order valence-corrected chi connectivity index (χ3v) is 3.71. The van der Waals surface area contributed by atoms with E-state index in [-0.39, 0.29) is 12.5 Å². The van der Waals surface area contributed by atoms with E-state index in [0.717, 1.165) is 11.4 Å². The summed E-state index contributed by atoms with van der Waals surface area (Å²) in [4.78, 5) is 18.6. The molecule has 1 aliphatic heterocycles. The number of aryl methyl sites for hydroxylation is 2. The van der Waals surface area contributed by atoms with Crippen molar-refractivity contribution >= 4 is 17.9 Å². The molecule has 1 amide bonds. The SMILES string of the molecule is Cc1cc(C)n(C2=CC=NC(NC(=O)CN(C)C)(c3ccco3)N2)n1. The Kier molecular flexibility index (Phi) is 4.45. The highest BCUT2D eigenvalue weighted by Crippen LogP contribution is 2.25. The van der Waals surface area contributed by atoms with Crippen molar-refractivity contribution in [3.05, 3.63) is 47.7 Å². The second-order valence-electron chi connectivity index (χ2n) is 6.27. The molecule has 0 aliphatic carbocycles. The fourth-order valence-corrected chi connectivity index (χ4v) is 2.74. The molecule has 0 spiro atoms. The molecule has 2 aromatic heterocycles. The molecule has 1 unspecified atom stereocenters. The van der Waals surface area contributed by atoms with Crippen molar-refractivity contribution in [3.63, 3.8) is 0 Å². The summed E-state index contributed by atoms with van der Waals surface area (Å²) in [6.45, 7) is 4.13. The summed E-state index contributed by atoms with van der Waals surface area (Å²) in [6, 6.07) is 5.51. The highest BCUT2D eigenvalue weighted by molar-refractivity contribution is 5.83. The van der Waals surface area contributed by atoms with Crippen LogP contribution in [0.2, 0.25) is 0 Å². The predicted octanol–water partition coefficient (Wildman–Crippen LogP) is 1.05. The van der Waals surface area contributed by atoms with Crippen molar-refractivity contribution in [2.45, 2.75) is 19.6 Å². The number of nitrogens with zero attached hydrogens (tertiary/aromatic N) is 4. The Morgan fingerprint density at radius 1 is 1.44 bits per heavy atom. The van der Waals surface area contributed by atoms with E-state index >= 15 is 0 Å². The predicted molar refractivity (Wildman–Crippen MR) is 94.7 cm³/mol. The molecular formula is C17H22N6O2. The fourth-order valence-electron chi connectivity index (χ4n) is 2.74. The van der Waals surface area contributed by atoms with Crippen LogP contribution in [0.25, 0.3) is 5.82 Å². The minimum atomic E-state index is -1.22. The van der Waals surface area contributed by atoms with Crippen molar-refractivity contribution in [3.8, 4) is 0 Å². The van der Waals surface area contributed by atoms with Gasteiger partial charge in [-0.2, -0.15) is 5.10 Å². The minimum Gasteiger partial charge on any atom is -0.463 e. The van der Waals surface area contributed by atoms with E-state index in [1.54, 1.807) is 40.3 Å². The first-order valence-corrected chi connectivity index (χ1v) is 7.97. The van der Waals surface area contributed by atoms with E-state index in [0.29, 0.717) is 11.6 Å². The maximum Gasteiger partial charge on any atom is 0.269 e. The fraction of sp³-hybridized carbons (Fsp3) is 0.353. The topological polar surface area (TPSA) is 87.7 Å². The average Bonchev–Trinajstić information content (AvgIpc) is 3.16. The number of likely N-dealkylation sites (N-methyl/N-ethyl adjacent to an activating group) is 1. The number of nitrogens with one attached hydrogen (secondary N) is 2. The lowest BCUT2D eigenvalue weighted by Gasteiger charge is -2.34. The Hall–Kier alpha value is -2.87. The number of carbonyl (C=O) groups is 1. The van der Waals surface area contributed by atoms with Crippen LogP contribution in [0.15, 0.2) is 39.9 Å². The van der Waals surface area contributed by atoms with Gasteiger partial charge in [0.1, 0.15) is 5.82 Å². The zero-order valence-electron chi connectivity index (χ0n) is 14.8. The summed E-state index contributed by atoms with van der Waals surface area (Å²) < 4.78 is 7.31. The van der Waals surface area contributed by atoms with Gasteiger partial charge in [0, 0.05) is 11.9 Å². The monoisotopic (exact) mass is 342 g/mol. The Balaban J connectivity index is 1.94. The van der Waals surface area contributed by atoms with Crippen LogP contribution in [0.1, 0.15) is 17.1 Å². The van der Waals surface area contributed by atoms with Crippen LogP contribution in [-0.4, -0.2) is 47.4 Å². The molecular weight excluding hydrogens is 320 g/mol. The molecule has 1 aliphatic rings. The second-order valence-corrected chi connectivity index (χ2v) is 6.27. The smallest absolute Gasteiger partial charge is 0.269 e. The molecule has 0 aromatic carbocycles. The Labute approximate surface area is 146 Å². The quantitative estimate of drug-likeness (QED) is 0.848. The lowest BCUT2D eigenvalue weighted by atomic mass is 10.2. The first-order chi connectivity index (χ1) is 11.9. The van der Waals surface area contributed by atoms with Crippen LogP contribution in [0.5, 0.6) is 0 Å². The van der Waals surface area contributed by atoms with E-state index in [9.17, 15) is 4.79 Å². The van der Waals surface area contributed by atoms with Crippen LogP contribution in [0, 0.1) is 13.8 Å². The second kappa shape index (κ2) is 6.56. The summed E-state index contributed by atoms with van der Waals surface area (Å²) in [7, 11) is 3.66. The van der Waals surface area contributed by atoms with Gasteiger partial charge in [0.25, 0.3) is 5.79 Å². The van der Waals surface area contributed by atoms with Crippen LogP contribution >= 0.6 is 0 Å². The molecule has 2 N–H and O–H groups in total. The van der Waals surface area contributed by atoms with Gasteiger partial charge in [-0.25, -0.2) is 9.67 Å². The van der Waals surface area contributed by atoms with Gasteiger partial charge >= 0.3 is 0 Å². The molecule has 0 bridgehead atoms. The standard InChI is InChI=1S/C17H22N6O2/c1-12-10-13(2)23(21-12)15-7-8-18-17(19-15,14-6-5-9-25-14)20-16(24)11-22(3)4/h5-10,19H,11H2,1-4H3,(H,20,24). The zero-order chi connectivity index (χ0) is 18.0. The van der Waals surface area contributed by atoms with Gasteiger partial charge in [-0.05, 0) is 52.2 Å². The summed E-state index contributed by atoms with van der Waals surface area (Å²) in [6.07, 6.45) is 4.99. The number of allylic oxidation sites excluding steroid dienone is 1. The molecule has 1 atom stereocenters. The van der Waals surface area contributed by atoms with Gasteiger partial charge in [-0.3, -0.25) is 4.79 Å². The molecule has 0 saturated carbocycles. The largest absolute Gasteiger partial charge is 0.463 e. The number of furan rings is 1. The molecule has 3 rings (SSSR count). The summed E-state index contributed by atoms with van der Waals surface area (Å²) in [5.41, 5.74) is 1.88. The van der Waals surface area contributed by atoms with Gasteiger partial charge in [0.05, 0.1) is 18.5 Å². The number of rotatable bonds is 5. The van der Waals surface area contributed by atoms with Gasteiger partial charge in [-0.1, -0.05) is 0 Å². The lowest BCUT2D eigenvalue weighted by molar-refractivity contribution is -0.124. The minimum absolute atomic E-state index is 0.180. The van der Waals surface area contributed by atoms with Gasteiger partial charge in [-0.15, -0.1) is 0 Å². The number of hydrogen-bond donors (Lipinski definition) is 2. The number of carbonyl (C=O) groups excluding carboxylic acids is 1. The van der Waals surface area contributed by atoms with E-state index in [2.05, 4.69) is 20.7 Å². The van der Waals surface area contributed by atoms with Gasteiger partial charge in [0.2, 0.25) is 5.91 Å². The first kappa shape index (κ1) is 17.0. The Morgan fingerprint density at radius 3 is 2.84 bits per heavy atom. The van der Waals surface area contributed by atoms with Gasteiger partial charge < -0.3 is 20.0 Å². The number of aromatic nitrogens is 2. The van der Waals surface area contributed by atoms with Crippen molar-refractivity contribution in [1.29, 1.82) is 0 Å². The summed E-state index contributed by atoms with van der Waals surface area (Å²) >= 11 is 0. The molecule has 0 saturated heterocycles. The molecule has 3 heterocycles. The van der Waals surface area contributed by atoms with Gasteiger partial charge in [0.15, 0.2) is 5.76 Å². The van der Waals surface area contributed by atoms with Crippen molar-refractivity contribution < 1.29 is 9.21 Å². The zero-order valence-corrected chi connectivity index (χ0v) is 14.8. The number of hydrogen-bond acceptors (Lipinski definition) is 6. The molecule has 2 aromatic rings. The van der Waals surface area contributed by atoms with Crippen molar-refractivity contribution in [1.82, 2.24) is 25.3 Å². The van der Waals surface area contributed by atoms with Crippen molar-refractivity contribution in [2.24, 2.45) is 4.99 Å². The first-order valence-electron chi connectivity index (χ1n) is 7.97. The maximum atomic E-state index is 12.4.